The van der Waals surface area contributed by atoms with Gasteiger partial charge in [0, 0.05) is 12.2 Å². The fraction of sp³-hybridized carbons (Fsp3) is 0.714. The molecule has 0 fully saturated rings. The maximum Gasteiger partial charge on any atom is 0.234 e. The van der Waals surface area contributed by atoms with Gasteiger partial charge in [0.2, 0.25) is 11.8 Å². The first-order valence-electron chi connectivity index (χ1n) is 7.07. The van der Waals surface area contributed by atoms with Gasteiger partial charge in [0.1, 0.15) is 12.1 Å². The lowest BCUT2D eigenvalue weighted by Crippen LogP contribution is -2.34. The van der Waals surface area contributed by atoms with Crippen LogP contribution in [-0.2, 0) is 19.2 Å². The van der Waals surface area contributed by atoms with Crippen molar-refractivity contribution in [2.24, 2.45) is 0 Å². The molecular formula is C14H29N3O4S. The predicted octanol–water partition coefficient (Wildman–Crippen LogP) is -0.00820. The molecule has 0 aromatic carbocycles. The van der Waals surface area contributed by atoms with Crippen LogP contribution in [-0.4, -0.2) is 62.6 Å². The van der Waals surface area contributed by atoms with Gasteiger partial charge in [-0.15, -0.1) is 0 Å². The lowest BCUT2D eigenvalue weighted by atomic mass is 10.4. The van der Waals surface area contributed by atoms with Gasteiger partial charge in [0.15, 0.2) is 0 Å². The summed E-state index contributed by atoms with van der Waals surface area (Å²) in [5.74, 6) is 0.564. The summed E-state index contributed by atoms with van der Waals surface area (Å²) in [6.45, 7) is 5.95. The molecule has 3 N–H and O–H groups in total. The number of aldehydes is 1. The standard InChI is InChI=1S/C6H12N2O2.C6H11NO2S.C2H6/c1-5(9)3-8-6(10)4-7-2;1-10-5-2-6(9)7-3-4-8;1-2/h7H,3-4H2,1-2H3,(H,8,10);4H,2-3,5H2,1H3,(H,7,9);1-2H3. The molecule has 0 heterocycles. The molecule has 0 unspecified atom stereocenters. The molecule has 8 heteroatoms. The molecule has 7 nitrogen and oxygen atoms in total. The van der Waals surface area contributed by atoms with Crippen molar-refractivity contribution in [3.8, 4) is 0 Å². The molecule has 0 atom stereocenters. The Balaban J connectivity index is -0.000000294. The molecule has 2 amide bonds. The Bertz CT molecular complexity index is 310. The molecule has 0 aromatic heterocycles. The van der Waals surface area contributed by atoms with Crippen LogP contribution in [0, 0.1) is 0 Å². The fourth-order valence-corrected chi connectivity index (χ4v) is 1.27. The van der Waals surface area contributed by atoms with E-state index in [0.29, 0.717) is 12.7 Å². The maximum absolute atomic E-state index is 10.7. The van der Waals surface area contributed by atoms with Crippen LogP contribution < -0.4 is 16.0 Å². The molecule has 0 aliphatic heterocycles. The number of nitrogens with one attached hydrogen (secondary N) is 3. The van der Waals surface area contributed by atoms with E-state index in [2.05, 4.69) is 16.0 Å². The second kappa shape index (κ2) is 21.9. The number of hydrogen-bond donors (Lipinski definition) is 3. The normalized spacial score (nSPS) is 8.41. The van der Waals surface area contributed by atoms with Crippen LogP contribution in [0.15, 0.2) is 0 Å². The van der Waals surface area contributed by atoms with E-state index in [1.165, 1.54) is 6.92 Å². The van der Waals surface area contributed by atoms with Gasteiger partial charge in [-0.3, -0.25) is 14.4 Å². The molecule has 0 aliphatic carbocycles. The summed E-state index contributed by atoms with van der Waals surface area (Å²) in [5, 5.41) is 7.55. The van der Waals surface area contributed by atoms with E-state index in [0.717, 1.165) is 5.75 Å². The van der Waals surface area contributed by atoms with Crippen molar-refractivity contribution >= 4 is 35.6 Å². The van der Waals surface area contributed by atoms with E-state index in [4.69, 9.17) is 0 Å². The Morgan fingerprint density at radius 3 is 2.05 bits per heavy atom. The van der Waals surface area contributed by atoms with Gasteiger partial charge in [-0.1, -0.05) is 13.8 Å². The second-order valence-corrected chi connectivity index (χ2v) is 4.71. The molecule has 0 spiro atoms. The third kappa shape index (κ3) is 27.0. The average molecular weight is 335 g/mol. The first-order chi connectivity index (χ1) is 10.5. The Kier molecular flexibility index (Phi) is 25.4. The third-order valence-electron chi connectivity index (χ3n) is 1.79. The van der Waals surface area contributed by atoms with E-state index in [9.17, 15) is 19.2 Å². The minimum absolute atomic E-state index is 0.0375. The van der Waals surface area contributed by atoms with Crippen LogP contribution in [0.2, 0.25) is 0 Å². The van der Waals surface area contributed by atoms with Gasteiger partial charge in [-0.05, 0) is 20.2 Å². The minimum Gasteiger partial charge on any atom is -0.349 e. The number of ketones is 1. The average Bonchev–Trinajstić information content (AvgIpc) is 2.51. The van der Waals surface area contributed by atoms with Crippen LogP contribution >= 0.6 is 11.8 Å². The quantitative estimate of drug-likeness (QED) is 0.512. The number of rotatable bonds is 9. The summed E-state index contributed by atoms with van der Waals surface area (Å²) >= 11 is 1.61. The van der Waals surface area contributed by atoms with Crippen molar-refractivity contribution in [1.29, 1.82) is 0 Å². The Morgan fingerprint density at radius 1 is 1.05 bits per heavy atom. The second-order valence-electron chi connectivity index (χ2n) is 3.72. The lowest BCUT2D eigenvalue weighted by Gasteiger charge is -1.99. The van der Waals surface area contributed by atoms with E-state index in [1.807, 2.05) is 20.1 Å². The Hall–Kier alpha value is -1.41. The molecule has 0 radical (unpaired) electrons. The van der Waals surface area contributed by atoms with E-state index >= 15 is 0 Å². The zero-order valence-corrected chi connectivity index (χ0v) is 15.0. The van der Waals surface area contributed by atoms with Crippen LogP contribution in [0.1, 0.15) is 27.2 Å². The topological polar surface area (TPSA) is 104 Å². The third-order valence-corrected chi connectivity index (χ3v) is 2.40. The van der Waals surface area contributed by atoms with Crippen molar-refractivity contribution in [3.05, 3.63) is 0 Å². The van der Waals surface area contributed by atoms with Crippen molar-refractivity contribution in [1.82, 2.24) is 16.0 Å². The first-order valence-corrected chi connectivity index (χ1v) is 8.47. The largest absolute Gasteiger partial charge is 0.349 e. The molecule has 0 saturated carbocycles. The molecule has 0 bridgehead atoms. The van der Waals surface area contributed by atoms with Crippen molar-refractivity contribution in [2.45, 2.75) is 27.2 Å². The Morgan fingerprint density at radius 2 is 1.64 bits per heavy atom. The van der Waals surface area contributed by atoms with Gasteiger partial charge >= 0.3 is 0 Å². The van der Waals surface area contributed by atoms with Gasteiger partial charge in [-0.2, -0.15) is 11.8 Å². The van der Waals surface area contributed by atoms with Crippen molar-refractivity contribution < 1.29 is 19.2 Å². The molecule has 0 aromatic rings. The number of likely N-dealkylation sites (N-methyl/N-ethyl adjacent to an activating group) is 1. The minimum atomic E-state index is -0.155. The number of carbonyl (C=O) groups is 4. The van der Waals surface area contributed by atoms with E-state index in [1.54, 1.807) is 18.8 Å². The molecule has 0 rings (SSSR count). The Labute approximate surface area is 137 Å². The number of hydrogen-bond acceptors (Lipinski definition) is 6. The van der Waals surface area contributed by atoms with Crippen molar-refractivity contribution in [2.75, 3.05) is 38.7 Å². The summed E-state index contributed by atoms with van der Waals surface area (Å²) in [6, 6.07) is 0. The zero-order valence-electron chi connectivity index (χ0n) is 14.2. The number of thioether (sulfide) groups is 1. The summed E-state index contributed by atoms with van der Waals surface area (Å²) in [7, 11) is 1.67. The molecule has 130 valence electrons. The molecule has 22 heavy (non-hydrogen) atoms. The molecular weight excluding hydrogens is 306 g/mol. The fourth-order valence-electron chi connectivity index (χ4n) is 0.885. The number of amides is 2. The van der Waals surface area contributed by atoms with Crippen LogP contribution in [0.5, 0.6) is 0 Å². The smallest absolute Gasteiger partial charge is 0.234 e. The van der Waals surface area contributed by atoms with E-state index in [-0.39, 0.29) is 37.2 Å². The highest BCUT2D eigenvalue weighted by Crippen LogP contribution is 1.93. The summed E-state index contributed by atoms with van der Waals surface area (Å²) < 4.78 is 0. The highest BCUT2D eigenvalue weighted by Gasteiger charge is 1.98. The number of carbonyl (C=O) groups excluding carboxylic acids is 4. The van der Waals surface area contributed by atoms with Crippen molar-refractivity contribution in [3.63, 3.8) is 0 Å². The van der Waals surface area contributed by atoms with Gasteiger partial charge in [0.05, 0.1) is 19.6 Å². The van der Waals surface area contributed by atoms with Crippen LogP contribution in [0.25, 0.3) is 0 Å². The highest BCUT2D eigenvalue weighted by atomic mass is 32.2. The zero-order chi connectivity index (χ0) is 17.8. The summed E-state index contributed by atoms with van der Waals surface area (Å²) in [4.78, 5) is 41.4. The van der Waals surface area contributed by atoms with Gasteiger partial charge in [-0.25, -0.2) is 0 Å². The summed E-state index contributed by atoms with van der Waals surface area (Å²) in [5.41, 5.74) is 0. The lowest BCUT2D eigenvalue weighted by molar-refractivity contribution is -0.123. The van der Waals surface area contributed by atoms with Crippen LogP contribution in [0.4, 0.5) is 0 Å². The van der Waals surface area contributed by atoms with Crippen LogP contribution in [0.3, 0.4) is 0 Å². The van der Waals surface area contributed by atoms with Gasteiger partial charge in [0.25, 0.3) is 0 Å². The predicted molar refractivity (Wildman–Crippen MR) is 91.0 cm³/mol. The monoisotopic (exact) mass is 335 g/mol. The molecule has 0 saturated heterocycles. The number of Topliss-reactive ketones (excluding diaryl/α,β-unsaturated/α-hetero) is 1. The highest BCUT2D eigenvalue weighted by molar-refractivity contribution is 7.98. The van der Waals surface area contributed by atoms with Gasteiger partial charge < -0.3 is 20.7 Å². The SMILES string of the molecule is CC.CNCC(=O)NCC(C)=O.CSCCC(=O)NCC=O. The first kappa shape index (κ1) is 25.5. The van der Waals surface area contributed by atoms with E-state index < -0.39 is 0 Å². The molecule has 0 aliphatic rings. The summed E-state index contributed by atoms with van der Waals surface area (Å²) in [6.07, 6.45) is 3.11. The maximum atomic E-state index is 10.7.